The van der Waals surface area contributed by atoms with E-state index in [4.69, 9.17) is 0 Å². The Morgan fingerprint density at radius 1 is 1.19 bits per heavy atom. The second-order valence-corrected chi connectivity index (χ2v) is 7.34. The molecule has 1 aromatic carbocycles. The van der Waals surface area contributed by atoms with Crippen LogP contribution in [-0.2, 0) is 0 Å². The molecule has 1 saturated carbocycles. The van der Waals surface area contributed by atoms with Crippen LogP contribution in [0.25, 0.3) is 16.6 Å². The fourth-order valence-electron chi connectivity index (χ4n) is 4.26. The van der Waals surface area contributed by atoms with E-state index in [9.17, 15) is 9.59 Å². The van der Waals surface area contributed by atoms with Gasteiger partial charge in [-0.3, -0.25) is 14.0 Å². The highest BCUT2D eigenvalue weighted by Gasteiger charge is 2.22. The van der Waals surface area contributed by atoms with E-state index < -0.39 is 0 Å². The first-order valence-electron chi connectivity index (χ1n) is 9.96. The lowest BCUT2D eigenvalue weighted by Crippen LogP contribution is -2.30. The van der Waals surface area contributed by atoms with Gasteiger partial charge >= 0.3 is 0 Å². The van der Waals surface area contributed by atoms with Gasteiger partial charge in [0, 0.05) is 24.6 Å². The molecule has 1 aliphatic carbocycles. The van der Waals surface area contributed by atoms with Gasteiger partial charge in [0.05, 0.1) is 17.2 Å². The van der Waals surface area contributed by atoms with Gasteiger partial charge < -0.3 is 9.88 Å². The second kappa shape index (κ2) is 7.18. The minimum absolute atomic E-state index is 0.0144. The molecule has 0 saturated heterocycles. The lowest BCUT2D eigenvalue weighted by atomic mass is 9.88. The molecule has 4 rings (SSSR count). The summed E-state index contributed by atoms with van der Waals surface area (Å²) in [7, 11) is 0. The number of carbonyl (C=O) groups is 1. The van der Waals surface area contributed by atoms with Crippen molar-refractivity contribution in [2.45, 2.75) is 51.9 Å². The van der Waals surface area contributed by atoms with Crippen LogP contribution in [0, 0.1) is 0 Å². The number of hydrogen-bond acceptors (Lipinski definition) is 3. The summed E-state index contributed by atoms with van der Waals surface area (Å²) in [5, 5.41) is 0. The maximum atomic E-state index is 12.8. The molecule has 27 heavy (non-hydrogen) atoms. The zero-order chi connectivity index (χ0) is 19.0. The second-order valence-electron chi connectivity index (χ2n) is 7.34. The number of nitrogens with one attached hydrogen (secondary N) is 1. The van der Waals surface area contributed by atoms with Gasteiger partial charge in [-0.15, -0.1) is 0 Å². The van der Waals surface area contributed by atoms with Crippen LogP contribution in [-0.4, -0.2) is 38.3 Å². The number of imidazole rings is 1. The van der Waals surface area contributed by atoms with Crippen molar-refractivity contribution >= 4 is 22.5 Å². The van der Waals surface area contributed by atoms with E-state index in [-0.39, 0.29) is 11.5 Å². The molecule has 3 aromatic rings. The number of carbonyl (C=O) groups excluding carboxylic acids is 1. The van der Waals surface area contributed by atoms with E-state index in [0.29, 0.717) is 30.1 Å². The number of aromatic nitrogens is 3. The van der Waals surface area contributed by atoms with Crippen LogP contribution < -0.4 is 5.56 Å². The van der Waals surface area contributed by atoms with Crippen LogP contribution in [0.2, 0.25) is 0 Å². The topological polar surface area (TPSA) is 70.5 Å². The summed E-state index contributed by atoms with van der Waals surface area (Å²) in [5.74, 6) is 1.34. The monoisotopic (exact) mass is 366 g/mol. The third-order valence-electron chi connectivity index (χ3n) is 5.78. The zero-order valence-electron chi connectivity index (χ0n) is 16.0. The van der Waals surface area contributed by atoms with Gasteiger partial charge in [-0.25, -0.2) is 4.98 Å². The Balaban J connectivity index is 1.92. The van der Waals surface area contributed by atoms with Gasteiger partial charge in [0.2, 0.25) is 0 Å². The van der Waals surface area contributed by atoms with Gasteiger partial charge in [0.15, 0.2) is 0 Å². The number of amides is 1. The van der Waals surface area contributed by atoms with E-state index in [1.807, 2.05) is 30.4 Å². The Kier molecular flexibility index (Phi) is 4.72. The molecule has 0 unspecified atom stereocenters. The number of rotatable bonds is 4. The minimum Gasteiger partial charge on any atom is -0.339 e. The van der Waals surface area contributed by atoms with E-state index >= 15 is 0 Å². The molecular formula is C21H26N4O2. The predicted molar refractivity (Wildman–Crippen MR) is 106 cm³/mol. The fourth-order valence-corrected chi connectivity index (χ4v) is 4.26. The smallest absolute Gasteiger partial charge is 0.274 e. The number of aromatic amines is 1. The van der Waals surface area contributed by atoms with Gasteiger partial charge in [-0.2, -0.15) is 0 Å². The third-order valence-corrected chi connectivity index (χ3v) is 5.78. The van der Waals surface area contributed by atoms with Crippen LogP contribution in [0.15, 0.2) is 29.2 Å². The minimum atomic E-state index is -0.139. The normalized spacial score (nSPS) is 15.5. The highest BCUT2D eigenvalue weighted by atomic mass is 16.2. The number of nitrogens with zero attached hydrogens (tertiary/aromatic N) is 3. The van der Waals surface area contributed by atoms with E-state index in [1.165, 1.54) is 19.3 Å². The predicted octanol–water partition coefficient (Wildman–Crippen LogP) is 3.71. The SMILES string of the molecule is CCN(CC)C(=O)c1ccc2[nH]c(=O)c3cnc(C4CCCCC4)n3c2c1. The molecule has 6 nitrogen and oxygen atoms in total. The van der Waals surface area contributed by atoms with E-state index in [1.54, 1.807) is 17.2 Å². The van der Waals surface area contributed by atoms with Crippen LogP contribution in [0.5, 0.6) is 0 Å². The highest BCUT2D eigenvalue weighted by molar-refractivity contribution is 5.97. The maximum Gasteiger partial charge on any atom is 0.274 e. The lowest BCUT2D eigenvalue weighted by molar-refractivity contribution is 0.0773. The first kappa shape index (κ1) is 17.8. The Bertz CT molecular complexity index is 1040. The van der Waals surface area contributed by atoms with Crippen molar-refractivity contribution in [1.29, 1.82) is 0 Å². The van der Waals surface area contributed by atoms with Gasteiger partial charge in [0.25, 0.3) is 11.5 Å². The zero-order valence-corrected chi connectivity index (χ0v) is 16.0. The molecule has 0 bridgehead atoms. The van der Waals surface area contributed by atoms with Crippen LogP contribution in [0.3, 0.4) is 0 Å². The van der Waals surface area contributed by atoms with Gasteiger partial charge in [-0.05, 0) is 44.9 Å². The van der Waals surface area contributed by atoms with Crippen molar-refractivity contribution < 1.29 is 4.79 Å². The molecule has 0 atom stereocenters. The number of fused-ring (bicyclic) bond motifs is 3. The maximum absolute atomic E-state index is 12.8. The Labute approximate surface area is 158 Å². The number of benzene rings is 1. The van der Waals surface area contributed by atoms with Crippen molar-refractivity contribution in [1.82, 2.24) is 19.3 Å². The van der Waals surface area contributed by atoms with Crippen LogP contribution in [0.1, 0.15) is 68.1 Å². The quantitative estimate of drug-likeness (QED) is 0.765. The van der Waals surface area contributed by atoms with E-state index in [2.05, 4.69) is 9.97 Å². The first-order valence-corrected chi connectivity index (χ1v) is 9.96. The summed E-state index contributed by atoms with van der Waals surface area (Å²) in [6, 6.07) is 5.52. The first-order chi connectivity index (χ1) is 13.1. The molecule has 2 aromatic heterocycles. The van der Waals surface area contributed by atoms with Crippen LogP contribution in [0.4, 0.5) is 0 Å². The van der Waals surface area contributed by atoms with Crippen molar-refractivity contribution in [3.63, 3.8) is 0 Å². The van der Waals surface area contributed by atoms with Crippen molar-refractivity contribution in [2.75, 3.05) is 13.1 Å². The molecule has 1 fully saturated rings. The summed E-state index contributed by atoms with van der Waals surface area (Å²) in [4.78, 5) is 34.7. The summed E-state index contributed by atoms with van der Waals surface area (Å²) in [5.41, 5.74) is 2.64. The molecule has 0 radical (unpaired) electrons. The number of hydrogen-bond donors (Lipinski definition) is 1. The molecule has 1 amide bonds. The van der Waals surface area contributed by atoms with Gasteiger partial charge in [-0.1, -0.05) is 19.3 Å². The van der Waals surface area contributed by atoms with Crippen LogP contribution >= 0.6 is 0 Å². The standard InChI is InChI=1S/C21H26N4O2/c1-3-24(4-2)21(27)15-10-11-16-17(12-15)25-18(20(26)23-16)13-22-19(25)14-8-6-5-7-9-14/h10-14H,3-9H2,1-2H3,(H,23,26). The molecule has 6 heteroatoms. The average Bonchev–Trinajstić information content (AvgIpc) is 3.15. The molecule has 0 aliphatic heterocycles. The molecule has 2 heterocycles. The Hall–Kier alpha value is -2.63. The molecular weight excluding hydrogens is 340 g/mol. The van der Waals surface area contributed by atoms with Crippen molar-refractivity contribution in [3.8, 4) is 0 Å². The molecule has 0 spiro atoms. The molecule has 1 N–H and O–H groups in total. The molecule has 1 aliphatic rings. The third kappa shape index (κ3) is 3.03. The van der Waals surface area contributed by atoms with Crippen molar-refractivity contribution in [2.24, 2.45) is 0 Å². The highest BCUT2D eigenvalue weighted by Crippen LogP contribution is 2.33. The largest absolute Gasteiger partial charge is 0.339 e. The fraction of sp³-hybridized carbons (Fsp3) is 0.476. The lowest BCUT2D eigenvalue weighted by Gasteiger charge is -2.21. The molecule has 142 valence electrons. The summed E-state index contributed by atoms with van der Waals surface area (Å²) in [6.07, 6.45) is 7.54. The summed E-state index contributed by atoms with van der Waals surface area (Å²) < 4.78 is 1.98. The van der Waals surface area contributed by atoms with E-state index in [0.717, 1.165) is 29.7 Å². The number of H-pyrrole nitrogens is 1. The van der Waals surface area contributed by atoms with Gasteiger partial charge in [0.1, 0.15) is 11.3 Å². The summed E-state index contributed by atoms with van der Waals surface area (Å²) >= 11 is 0. The average molecular weight is 366 g/mol. The Morgan fingerprint density at radius 2 is 1.93 bits per heavy atom. The Morgan fingerprint density at radius 3 is 2.63 bits per heavy atom. The summed E-state index contributed by atoms with van der Waals surface area (Å²) in [6.45, 7) is 5.31. The van der Waals surface area contributed by atoms with Crippen molar-refractivity contribution in [3.05, 3.63) is 46.1 Å².